The third-order valence-corrected chi connectivity index (χ3v) is 14.0. The molecule has 3 aromatic carbocycles. The fraction of sp³-hybridized carbons (Fsp3) is 0.136. The summed E-state index contributed by atoms with van der Waals surface area (Å²) in [7, 11) is 3.03. The van der Waals surface area contributed by atoms with E-state index in [0.717, 1.165) is 26.2 Å². The van der Waals surface area contributed by atoms with E-state index in [1.54, 1.807) is 87.0 Å². The molecule has 476 valence electrons. The van der Waals surface area contributed by atoms with Crippen LogP contribution in [0, 0.1) is 22.7 Å². The average Bonchev–Trinajstić information content (AvgIpc) is 0.762. The lowest BCUT2D eigenvalue weighted by Gasteiger charge is -2.33. The Bertz CT molecular complexity index is 4800. The number of anilines is 4. The molecule has 28 heteroatoms. The molecule has 2 amide bonds. The van der Waals surface area contributed by atoms with E-state index in [4.69, 9.17) is 52.8 Å². The fourth-order valence-corrected chi connectivity index (χ4v) is 9.03. The van der Waals surface area contributed by atoms with Crippen molar-refractivity contribution in [2.45, 2.75) is 39.8 Å². The van der Waals surface area contributed by atoms with E-state index < -0.39 is 34.5 Å². The molecule has 8 aromatic heterocycles. The van der Waals surface area contributed by atoms with Gasteiger partial charge in [-0.2, -0.15) is 10.5 Å². The third-order valence-electron chi connectivity index (χ3n) is 13.7. The molecule has 12 rings (SSSR count). The molecule has 0 saturated heterocycles. The lowest BCUT2D eigenvalue weighted by Crippen LogP contribution is -2.48. The highest BCUT2D eigenvalue weighted by Gasteiger charge is 2.33. The average molecular weight is 1290 g/mol. The van der Waals surface area contributed by atoms with E-state index in [1.807, 2.05) is 110 Å². The highest BCUT2D eigenvalue weighted by Crippen LogP contribution is 2.29. The number of halogens is 1. The molecular weight excluding hydrogens is 1230 g/mol. The lowest BCUT2D eigenvalue weighted by atomic mass is 10.1. The zero-order valence-electron chi connectivity index (χ0n) is 50.7. The SMILES string of the molecule is CC1Nc2c(c(=O)n(O)c3ncccc23)C(=O)N1C.CCOC(=O)c1c(N)c2cccnc2n(OCc2ccccc2)c1=O.CNC(=O)c1c(N)c2cccnc2n(OCc2ccccc2)c1=O.N#Cc1cccnc1Cl.N#Cc1cccnc1NOCc1ccccc1. The molecule has 8 N–H and O–H groups in total. The molecule has 1 aliphatic heterocycles. The van der Waals surface area contributed by atoms with Gasteiger partial charge in [-0.15, -0.1) is 14.2 Å². The Morgan fingerprint density at radius 3 is 1.57 bits per heavy atom. The molecular formula is C66H59ClN16O11. The number of hydrogen-bond donors (Lipinski definition) is 6. The first kappa shape index (κ1) is 67.2. The molecule has 0 aliphatic carbocycles. The van der Waals surface area contributed by atoms with Crippen LogP contribution >= 0.6 is 11.6 Å². The Labute approximate surface area is 540 Å². The first-order valence-corrected chi connectivity index (χ1v) is 28.8. The van der Waals surface area contributed by atoms with Gasteiger partial charge in [0.15, 0.2) is 28.3 Å². The number of carbonyl (C=O) groups is 3. The van der Waals surface area contributed by atoms with Gasteiger partial charge in [0.1, 0.15) is 41.6 Å². The Kier molecular flexibility index (Phi) is 23.0. The van der Waals surface area contributed by atoms with E-state index in [9.17, 15) is 34.0 Å². The number of aromatic nitrogens is 8. The second-order valence-electron chi connectivity index (χ2n) is 19.7. The second-order valence-corrected chi connectivity index (χ2v) is 20.0. The number of ether oxygens (including phenoxy) is 1. The minimum atomic E-state index is -0.784. The van der Waals surface area contributed by atoms with Gasteiger partial charge in [-0.1, -0.05) is 103 Å². The minimum absolute atomic E-state index is 0.0334. The number of nitrogen functional groups attached to an aromatic ring is 2. The quantitative estimate of drug-likeness (QED) is 0.0284. The minimum Gasteiger partial charge on any atom is -0.462 e. The smallest absolute Gasteiger partial charge is 0.346 e. The van der Waals surface area contributed by atoms with Crippen molar-refractivity contribution in [3.8, 4) is 12.1 Å². The predicted octanol–water partition coefficient (Wildman–Crippen LogP) is 7.33. The van der Waals surface area contributed by atoms with Crippen LogP contribution in [0.5, 0.6) is 0 Å². The van der Waals surface area contributed by atoms with Crippen LogP contribution in [0.2, 0.25) is 5.15 Å². The van der Waals surface area contributed by atoms with Crippen LogP contribution in [-0.2, 0) is 29.4 Å². The van der Waals surface area contributed by atoms with Crippen LogP contribution in [0.25, 0.3) is 33.1 Å². The summed E-state index contributed by atoms with van der Waals surface area (Å²) >= 11 is 5.49. The van der Waals surface area contributed by atoms with Gasteiger partial charge < -0.3 is 46.6 Å². The fourth-order valence-electron chi connectivity index (χ4n) is 8.86. The standard InChI is InChI=1S/C18H17N3O4.C17H16N4O3.C13H11N3O.C12H12N4O3.C6H3ClN2/c1-2-24-18(23)14-15(19)13-9-6-10-20-16(13)21(17(14)22)25-11-12-7-4-3-5-8-12;1-19-16(22)13-14(18)12-8-5-9-20-15(12)21(17(13)23)24-10-11-6-3-2-4-7-11;14-9-12-7-4-8-15-13(12)16-17-10-11-5-2-1-3-6-11;1-6-14-9-7-4-3-5-13-10(7)16(19)12(18)8(9)11(17)15(6)2;7-6-5(4-8)2-1-3-9-6/h3-10H,2,11,19H2,1H3;2-9H,10,18H2,1H3,(H,19,22);1-8H,10H2,(H,15,16);3-6,14,19H,1-2H3;1-3H. The topological polar surface area (TPSA) is 378 Å². The number of rotatable bonds is 13. The van der Waals surface area contributed by atoms with Gasteiger partial charge in [-0.05, 0) is 91.2 Å². The number of nitrogens with two attached hydrogens (primary N) is 2. The molecule has 0 bridgehead atoms. The Balaban J connectivity index is 0.000000155. The van der Waals surface area contributed by atoms with Crippen molar-refractivity contribution >= 4 is 85.4 Å². The van der Waals surface area contributed by atoms with Crippen molar-refractivity contribution in [1.29, 1.82) is 10.5 Å². The normalized spacial score (nSPS) is 11.8. The van der Waals surface area contributed by atoms with Crippen molar-refractivity contribution in [1.82, 2.24) is 49.3 Å². The number of pyridine rings is 8. The highest BCUT2D eigenvalue weighted by molar-refractivity contribution is 6.30. The number of amides is 2. The maximum atomic E-state index is 12.8. The highest BCUT2D eigenvalue weighted by atomic mass is 35.5. The number of carbonyl (C=O) groups excluding carboxylic acids is 3. The van der Waals surface area contributed by atoms with E-state index in [2.05, 4.69) is 41.0 Å². The summed E-state index contributed by atoms with van der Waals surface area (Å²) in [5.74, 6) is -1.33. The number of fused-ring (bicyclic) bond motifs is 5. The van der Waals surface area contributed by atoms with Crippen LogP contribution in [0.15, 0.2) is 197 Å². The second kappa shape index (κ2) is 32.1. The Morgan fingerprint density at radius 1 is 0.617 bits per heavy atom. The van der Waals surface area contributed by atoms with E-state index in [-0.39, 0.29) is 76.1 Å². The number of nitriles is 2. The van der Waals surface area contributed by atoms with Crippen LogP contribution in [0.4, 0.5) is 22.9 Å². The van der Waals surface area contributed by atoms with E-state index in [0.29, 0.717) is 50.1 Å². The molecule has 27 nitrogen and oxygen atoms in total. The van der Waals surface area contributed by atoms with Crippen molar-refractivity contribution < 1.29 is 38.8 Å². The zero-order valence-corrected chi connectivity index (χ0v) is 51.5. The lowest BCUT2D eigenvalue weighted by molar-refractivity contribution is 0.0513. The van der Waals surface area contributed by atoms with Crippen LogP contribution in [0.3, 0.4) is 0 Å². The molecule has 9 heterocycles. The number of benzene rings is 3. The largest absolute Gasteiger partial charge is 0.462 e. The van der Waals surface area contributed by atoms with Gasteiger partial charge in [-0.3, -0.25) is 28.8 Å². The van der Waals surface area contributed by atoms with Crippen molar-refractivity contribution in [3.05, 3.63) is 263 Å². The summed E-state index contributed by atoms with van der Waals surface area (Å²) in [5.41, 5.74) is 17.0. The Hall–Kier alpha value is -12.7. The molecule has 0 spiro atoms. The van der Waals surface area contributed by atoms with Crippen LogP contribution in [-0.4, -0.2) is 93.9 Å². The number of nitrogens with one attached hydrogen (secondary N) is 3. The molecule has 0 saturated carbocycles. The molecule has 0 fully saturated rings. The number of hydrogen-bond acceptors (Lipinski definition) is 22. The number of esters is 1. The van der Waals surface area contributed by atoms with Crippen molar-refractivity contribution in [2.75, 3.05) is 43.0 Å². The Morgan fingerprint density at radius 2 is 1.07 bits per heavy atom. The summed E-state index contributed by atoms with van der Waals surface area (Å²) in [6.07, 6.45) is 7.44. The number of nitrogens with zero attached hydrogens (tertiary/aromatic N) is 11. The summed E-state index contributed by atoms with van der Waals surface area (Å²) in [6, 6.07) is 49.2. The third kappa shape index (κ3) is 15.8. The van der Waals surface area contributed by atoms with E-state index in [1.165, 1.54) is 30.5 Å². The maximum absolute atomic E-state index is 12.8. The van der Waals surface area contributed by atoms with Gasteiger partial charge >= 0.3 is 11.5 Å². The predicted molar refractivity (Wildman–Crippen MR) is 350 cm³/mol. The zero-order chi connectivity index (χ0) is 67.3. The molecule has 94 heavy (non-hydrogen) atoms. The first-order valence-electron chi connectivity index (χ1n) is 28.4. The summed E-state index contributed by atoms with van der Waals surface area (Å²) in [4.78, 5) is 112. The molecule has 11 aromatic rings. The van der Waals surface area contributed by atoms with Gasteiger partial charge in [0.2, 0.25) is 0 Å². The molecule has 1 unspecified atom stereocenters. The van der Waals surface area contributed by atoms with Crippen LogP contribution in [0.1, 0.15) is 72.7 Å². The maximum Gasteiger partial charge on any atom is 0.346 e. The van der Waals surface area contributed by atoms with Gasteiger partial charge in [-0.25, -0.2) is 35.2 Å². The van der Waals surface area contributed by atoms with Gasteiger partial charge in [0, 0.05) is 61.2 Å². The summed E-state index contributed by atoms with van der Waals surface area (Å²) in [5, 5.41) is 34.3. The van der Waals surface area contributed by atoms with Crippen LogP contribution < -0.4 is 53.9 Å². The molecule has 0 radical (unpaired) electrons. The van der Waals surface area contributed by atoms with E-state index >= 15 is 0 Å². The monoisotopic (exact) mass is 1290 g/mol. The summed E-state index contributed by atoms with van der Waals surface area (Å²) in [6.45, 7) is 4.31. The first-order chi connectivity index (χ1) is 45.5. The summed E-state index contributed by atoms with van der Waals surface area (Å²) < 4.78 is 7.37. The van der Waals surface area contributed by atoms with Crippen molar-refractivity contribution in [2.24, 2.45) is 0 Å². The van der Waals surface area contributed by atoms with Crippen molar-refractivity contribution in [3.63, 3.8) is 0 Å². The van der Waals surface area contributed by atoms with Gasteiger partial charge in [0.25, 0.3) is 22.9 Å². The molecule has 1 aliphatic rings. The molecule has 1 atom stereocenters. The van der Waals surface area contributed by atoms with Gasteiger partial charge in [0.05, 0.1) is 47.6 Å².